The van der Waals surface area contributed by atoms with Crippen molar-refractivity contribution in [1.29, 1.82) is 0 Å². The van der Waals surface area contributed by atoms with Crippen LogP contribution < -0.4 is 5.73 Å². The van der Waals surface area contributed by atoms with Crippen LogP contribution in [0.25, 0.3) is 0 Å². The van der Waals surface area contributed by atoms with Crippen molar-refractivity contribution in [3.05, 3.63) is 93.5 Å². The second kappa shape index (κ2) is 14.7. The first kappa shape index (κ1) is 30.9. The number of nitrogens with zero attached hydrogens (tertiary/aromatic N) is 1. The summed E-state index contributed by atoms with van der Waals surface area (Å²) in [6, 6.07) is 17.3. The summed E-state index contributed by atoms with van der Waals surface area (Å²) in [5.41, 5.74) is 9.54. The van der Waals surface area contributed by atoms with Gasteiger partial charge in [0.1, 0.15) is 0 Å². The van der Waals surface area contributed by atoms with Crippen LogP contribution in [-0.2, 0) is 11.8 Å². The van der Waals surface area contributed by atoms with Gasteiger partial charge in [0.05, 0.1) is 5.60 Å². The Kier molecular flexibility index (Phi) is 11.9. The van der Waals surface area contributed by atoms with Gasteiger partial charge in [-0.2, -0.15) is 0 Å². The molecule has 1 fully saturated rings. The molecular formula is C33H46Cl2N2O. The number of rotatable bonds is 10. The van der Waals surface area contributed by atoms with E-state index < -0.39 is 5.60 Å². The maximum absolute atomic E-state index is 11.3. The van der Waals surface area contributed by atoms with Gasteiger partial charge in [-0.25, -0.2) is 0 Å². The monoisotopic (exact) mass is 556 g/mol. The minimum absolute atomic E-state index is 0.160. The van der Waals surface area contributed by atoms with Crippen LogP contribution in [0.15, 0.2) is 71.8 Å². The first-order chi connectivity index (χ1) is 18.4. The number of likely N-dealkylation sites (tertiary alicyclic amines) is 1. The topological polar surface area (TPSA) is 49.5 Å². The lowest BCUT2D eigenvalue weighted by Gasteiger charge is -2.43. The van der Waals surface area contributed by atoms with E-state index in [-0.39, 0.29) is 11.3 Å². The van der Waals surface area contributed by atoms with Gasteiger partial charge in [-0.05, 0) is 80.0 Å². The second-order valence-electron chi connectivity index (χ2n) is 10.6. The highest BCUT2D eigenvalue weighted by Crippen LogP contribution is 2.38. The SMILES string of the molecule is CC.CCCc1ccc(C(CN)(CCCN2CCC(O)(C3C=CC(Cl)=CC3)CC2)c2ccc(Cl)cc2)cc1. The molecule has 2 aliphatic rings. The fourth-order valence-electron chi connectivity index (χ4n) is 5.97. The summed E-state index contributed by atoms with van der Waals surface area (Å²) in [5.74, 6) is 0.160. The number of aryl methyl sites for hydroxylation is 1. The van der Waals surface area contributed by atoms with Crippen LogP contribution in [0, 0.1) is 5.92 Å². The maximum Gasteiger partial charge on any atom is 0.0737 e. The number of hydrogen-bond donors (Lipinski definition) is 2. The number of aliphatic hydroxyl groups is 1. The van der Waals surface area contributed by atoms with Gasteiger partial charge in [0, 0.05) is 41.0 Å². The lowest BCUT2D eigenvalue weighted by Crippen LogP contribution is -2.49. The molecule has 3 N–H and O–H groups in total. The van der Waals surface area contributed by atoms with Crippen LogP contribution in [0.5, 0.6) is 0 Å². The third-order valence-electron chi connectivity index (χ3n) is 8.33. The number of piperidine rings is 1. The van der Waals surface area contributed by atoms with Crippen molar-refractivity contribution in [1.82, 2.24) is 4.90 Å². The third kappa shape index (κ3) is 7.52. The summed E-state index contributed by atoms with van der Waals surface area (Å²) < 4.78 is 0. The summed E-state index contributed by atoms with van der Waals surface area (Å²) >= 11 is 12.3. The number of benzene rings is 2. The van der Waals surface area contributed by atoms with E-state index in [0.29, 0.717) is 6.54 Å². The third-order valence-corrected chi connectivity index (χ3v) is 8.87. The van der Waals surface area contributed by atoms with Crippen molar-refractivity contribution in [2.24, 2.45) is 11.7 Å². The molecule has 2 aromatic rings. The molecule has 1 aliphatic carbocycles. The van der Waals surface area contributed by atoms with Crippen LogP contribution in [0.1, 0.15) is 76.0 Å². The number of hydrogen-bond acceptors (Lipinski definition) is 3. The minimum atomic E-state index is -0.633. The van der Waals surface area contributed by atoms with E-state index >= 15 is 0 Å². The van der Waals surface area contributed by atoms with Gasteiger partial charge < -0.3 is 15.7 Å². The summed E-state index contributed by atoms with van der Waals surface area (Å²) in [6.07, 6.45) is 12.7. The molecule has 3 nitrogen and oxygen atoms in total. The van der Waals surface area contributed by atoms with Crippen molar-refractivity contribution >= 4 is 23.2 Å². The molecule has 0 radical (unpaired) electrons. The number of nitrogens with two attached hydrogens (primary N) is 1. The van der Waals surface area contributed by atoms with Crippen molar-refractivity contribution in [3.8, 4) is 0 Å². The lowest BCUT2D eigenvalue weighted by molar-refractivity contribution is -0.0527. The average Bonchev–Trinajstić information content (AvgIpc) is 2.95. The van der Waals surface area contributed by atoms with Crippen molar-refractivity contribution in [2.45, 2.75) is 76.7 Å². The highest BCUT2D eigenvalue weighted by atomic mass is 35.5. The maximum atomic E-state index is 11.3. The van der Waals surface area contributed by atoms with E-state index in [1.807, 2.05) is 38.1 Å². The summed E-state index contributed by atoms with van der Waals surface area (Å²) in [4.78, 5) is 2.50. The zero-order chi connectivity index (χ0) is 27.6. The fraction of sp³-hybridized carbons (Fsp3) is 0.515. The predicted octanol–water partition coefficient (Wildman–Crippen LogP) is 7.87. The smallest absolute Gasteiger partial charge is 0.0737 e. The zero-order valence-corrected chi connectivity index (χ0v) is 24.9. The van der Waals surface area contributed by atoms with Gasteiger partial charge in [-0.1, -0.05) is 98.9 Å². The molecule has 208 valence electrons. The van der Waals surface area contributed by atoms with Crippen molar-refractivity contribution < 1.29 is 5.11 Å². The molecule has 0 spiro atoms. The zero-order valence-electron chi connectivity index (χ0n) is 23.4. The van der Waals surface area contributed by atoms with Crippen LogP contribution >= 0.6 is 23.2 Å². The van der Waals surface area contributed by atoms with Gasteiger partial charge >= 0.3 is 0 Å². The molecule has 1 saturated heterocycles. The standard InChI is InChI=1S/C31H40Cl2N2O.C2H6/c1-2-4-24-5-7-25(8-6-24)30(23-34,26-9-13-28(32)14-10-26)17-3-20-35-21-18-31(36,19-22-35)27-11-15-29(33)16-12-27;1-2/h5-11,13-16,27,36H,2-4,12,17-23,34H2,1H3;1-2H3. The van der Waals surface area contributed by atoms with Crippen LogP contribution in [-0.4, -0.2) is 41.8 Å². The normalized spacial score (nSPS) is 20.7. The summed E-state index contributed by atoms with van der Waals surface area (Å²) in [7, 11) is 0. The molecule has 5 heteroatoms. The van der Waals surface area contributed by atoms with E-state index in [2.05, 4.69) is 54.3 Å². The van der Waals surface area contributed by atoms with Gasteiger partial charge in [0.15, 0.2) is 0 Å². The fourth-order valence-corrected chi connectivity index (χ4v) is 6.26. The summed E-state index contributed by atoms with van der Waals surface area (Å²) in [5, 5.41) is 12.8. The Balaban J connectivity index is 0.00000195. The molecule has 1 aliphatic heterocycles. The average molecular weight is 558 g/mol. The molecule has 0 aromatic heterocycles. The molecule has 2 aromatic carbocycles. The van der Waals surface area contributed by atoms with Crippen LogP contribution in [0.2, 0.25) is 5.02 Å². The van der Waals surface area contributed by atoms with E-state index in [1.165, 1.54) is 16.7 Å². The highest BCUT2D eigenvalue weighted by Gasteiger charge is 2.39. The van der Waals surface area contributed by atoms with E-state index in [4.69, 9.17) is 28.9 Å². The molecule has 4 rings (SSSR count). The molecule has 2 unspecified atom stereocenters. The highest BCUT2D eigenvalue weighted by molar-refractivity contribution is 6.31. The van der Waals surface area contributed by atoms with Crippen LogP contribution in [0.4, 0.5) is 0 Å². The number of halogens is 2. The Labute approximate surface area is 240 Å². The van der Waals surface area contributed by atoms with Crippen LogP contribution in [0.3, 0.4) is 0 Å². The summed E-state index contributed by atoms with van der Waals surface area (Å²) in [6.45, 7) is 9.60. The number of allylic oxidation sites excluding steroid dienone is 3. The van der Waals surface area contributed by atoms with E-state index in [0.717, 1.165) is 74.6 Å². The first-order valence-corrected chi connectivity index (χ1v) is 15.2. The quantitative estimate of drug-likeness (QED) is 0.313. The molecule has 0 amide bonds. The van der Waals surface area contributed by atoms with Crippen molar-refractivity contribution in [2.75, 3.05) is 26.2 Å². The Bertz CT molecular complexity index is 1040. The Morgan fingerprint density at radius 2 is 1.61 bits per heavy atom. The predicted molar refractivity (Wildman–Crippen MR) is 164 cm³/mol. The lowest BCUT2D eigenvalue weighted by atomic mass is 9.71. The Morgan fingerprint density at radius 1 is 1.00 bits per heavy atom. The largest absolute Gasteiger partial charge is 0.389 e. The minimum Gasteiger partial charge on any atom is -0.389 e. The Morgan fingerprint density at radius 3 is 2.13 bits per heavy atom. The molecular weight excluding hydrogens is 511 g/mol. The molecule has 2 atom stereocenters. The molecule has 0 saturated carbocycles. The molecule has 1 heterocycles. The second-order valence-corrected chi connectivity index (χ2v) is 11.5. The van der Waals surface area contributed by atoms with Crippen molar-refractivity contribution in [3.63, 3.8) is 0 Å². The van der Waals surface area contributed by atoms with Gasteiger partial charge in [0.2, 0.25) is 0 Å². The van der Waals surface area contributed by atoms with E-state index in [9.17, 15) is 5.11 Å². The van der Waals surface area contributed by atoms with Gasteiger partial charge in [-0.3, -0.25) is 0 Å². The van der Waals surface area contributed by atoms with Gasteiger partial charge in [0.25, 0.3) is 0 Å². The molecule has 0 bridgehead atoms. The van der Waals surface area contributed by atoms with E-state index in [1.54, 1.807) is 0 Å². The first-order valence-electron chi connectivity index (χ1n) is 14.4. The Hall–Kier alpha value is -1.62. The van der Waals surface area contributed by atoms with Gasteiger partial charge in [-0.15, -0.1) is 0 Å². The molecule has 38 heavy (non-hydrogen) atoms.